The molecule has 19 heavy (non-hydrogen) atoms. The second kappa shape index (κ2) is 6.25. The molecular formula is C13H20O6. The number of hydrogen-bond donors (Lipinski definition) is 2. The van der Waals surface area contributed by atoms with E-state index in [2.05, 4.69) is 6.92 Å². The Hall–Kier alpha value is -1.27. The van der Waals surface area contributed by atoms with Crippen molar-refractivity contribution in [3.05, 3.63) is 11.5 Å². The third-order valence-electron chi connectivity index (χ3n) is 3.34. The lowest BCUT2D eigenvalue weighted by Gasteiger charge is -2.16. The van der Waals surface area contributed by atoms with Crippen molar-refractivity contribution >= 4 is 5.97 Å². The normalized spacial score (nSPS) is 31.0. The number of unbranched alkanes of at least 4 members (excludes halogenated alkanes) is 3. The molecule has 2 rings (SSSR count). The van der Waals surface area contributed by atoms with Crippen molar-refractivity contribution in [1.82, 2.24) is 0 Å². The molecule has 0 aromatic heterocycles. The van der Waals surface area contributed by atoms with Gasteiger partial charge in [-0.3, -0.25) is 0 Å². The van der Waals surface area contributed by atoms with Crippen LogP contribution in [0.4, 0.5) is 0 Å². The van der Waals surface area contributed by atoms with Crippen LogP contribution < -0.4 is 0 Å². The number of carbonyl (C=O) groups is 1. The molecule has 2 heterocycles. The van der Waals surface area contributed by atoms with Crippen LogP contribution in [0, 0.1) is 0 Å². The summed E-state index contributed by atoms with van der Waals surface area (Å²) in [5, 5.41) is 18.8. The maximum Gasteiger partial charge on any atom is 0.377 e. The van der Waals surface area contributed by atoms with Crippen LogP contribution in [0.25, 0.3) is 0 Å². The number of ether oxygens (including phenoxy) is 3. The van der Waals surface area contributed by atoms with Crippen molar-refractivity contribution in [3.8, 4) is 0 Å². The second-order valence-corrected chi connectivity index (χ2v) is 4.85. The Morgan fingerprint density at radius 3 is 2.68 bits per heavy atom. The maximum atomic E-state index is 11.1. The molecule has 0 radical (unpaired) electrons. The Bertz CT molecular complexity index is 364. The zero-order valence-corrected chi connectivity index (χ0v) is 11.0. The summed E-state index contributed by atoms with van der Waals surface area (Å²) in [6.07, 6.45) is 3.47. The van der Waals surface area contributed by atoms with Crippen LogP contribution >= 0.6 is 0 Å². The zero-order valence-electron chi connectivity index (χ0n) is 11.0. The highest BCUT2D eigenvalue weighted by Gasteiger charge is 2.44. The standard InChI is InChI=1S/C13H20O6/c1-2-3-4-5-6-9-17-7-8(18-9)12-10(14)11(15)13(16)19-12/h8-9,12,14-15H,2-7H2,1H3/t8-,9-,12-/m0/s1. The number of carbonyl (C=O) groups excluding carboxylic acids is 1. The van der Waals surface area contributed by atoms with Crippen molar-refractivity contribution in [2.24, 2.45) is 0 Å². The highest BCUT2D eigenvalue weighted by molar-refractivity contribution is 5.89. The van der Waals surface area contributed by atoms with Gasteiger partial charge in [0.1, 0.15) is 6.10 Å². The van der Waals surface area contributed by atoms with E-state index in [4.69, 9.17) is 14.2 Å². The highest BCUT2D eigenvalue weighted by atomic mass is 16.7. The number of esters is 1. The third-order valence-corrected chi connectivity index (χ3v) is 3.34. The predicted octanol–water partition coefficient (Wildman–Crippen LogP) is 1.95. The van der Waals surface area contributed by atoms with Crippen molar-refractivity contribution in [3.63, 3.8) is 0 Å². The predicted molar refractivity (Wildman–Crippen MR) is 65.5 cm³/mol. The quantitative estimate of drug-likeness (QED) is 0.568. The van der Waals surface area contributed by atoms with Gasteiger partial charge in [0.25, 0.3) is 0 Å². The van der Waals surface area contributed by atoms with Crippen molar-refractivity contribution < 1.29 is 29.2 Å². The van der Waals surface area contributed by atoms with Crippen molar-refractivity contribution in [2.75, 3.05) is 6.61 Å². The molecule has 0 aliphatic carbocycles. The largest absolute Gasteiger partial charge is 0.505 e. The van der Waals surface area contributed by atoms with E-state index < -0.39 is 29.7 Å². The lowest BCUT2D eigenvalue weighted by atomic mass is 10.1. The SMILES string of the molecule is CCCCCC[C@H]1OC[C@@H]([C@@H]2OC(=O)C(O)=C2O)O1. The van der Waals surface area contributed by atoms with Gasteiger partial charge in [0.2, 0.25) is 5.76 Å². The monoisotopic (exact) mass is 272 g/mol. The van der Waals surface area contributed by atoms with Crippen LogP contribution in [0.5, 0.6) is 0 Å². The number of cyclic esters (lactones) is 1. The van der Waals surface area contributed by atoms with Crippen molar-refractivity contribution in [1.29, 1.82) is 0 Å². The van der Waals surface area contributed by atoms with Crippen LogP contribution in [0.3, 0.4) is 0 Å². The van der Waals surface area contributed by atoms with E-state index in [-0.39, 0.29) is 12.9 Å². The minimum absolute atomic E-state index is 0.244. The Morgan fingerprint density at radius 2 is 2.05 bits per heavy atom. The molecule has 6 heteroatoms. The molecule has 0 aromatic carbocycles. The Balaban J connectivity index is 1.78. The van der Waals surface area contributed by atoms with Crippen LogP contribution in [0.15, 0.2) is 11.5 Å². The van der Waals surface area contributed by atoms with E-state index in [1.54, 1.807) is 0 Å². The molecule has 1 fully saturated rings. The van der Waals surface area contributed by atoms with Gasteiger partial charge >= 0.3 is 5.97 Å². The van der Waals surface area contributed by atoms with Gasteiger partial charge in [-0.05, 0) is 12.8 Å². The molecule has 6 nitrogen and oxygen atoms in total. The van der Waals surface area contributed by atoms with E-state index >= 15 is 0 Å². The topological polar surface area (TPSA) is 85.2 Å². The van der Waals surface area contributed by atoms with E-state index in [9.17, 15) is 15.0 Å². The summed E-state index contributed by atoms with van der Waals surface area (Å²) < 4.78 is 15.9. The first-order valence-electron chi connectivity index (χ1n) is 6.73. The van der Waals surface area contributed by atoms with E-state index in [1.807, 2.05) is 0 Å². The molecule has 0 spiro atoms. The summed E-state index contributed by atoms with van der Waals surface area (Å²) in [6, 6.07) is 0. The summed E-state index contributed by atoms with van der Waals surface area (Å²) >= 11 is 0. The molecule has 0 saturated carbocycles. The Kier molecular flexibility index (Phi) is 4.66. The molecule has 0 bridgehead atoms. The summed E-state index contributed by atoms with van der Waals surface area (Å²) in [6.45, 7) is 2.39. The molecular weight excluding hydrogens is 252 g/mol. The van der Waals surface area contributed by atoms with Gasteiger partial charge in [0.15, 0.2) is 18.2 Å². The lowest BCUT2D eigenvalue weighted by molar-refractivity contribution is -0.149. The number of aliphatic hydroxyl groups is 2. The average Bonchev–Trinajstić information content (AvgIpc) is 2.96. The molecule has 2 N–H and O–H groups in total. The molecule has 1 saturated heterocycles. The molecule has 2 aliphatic heterocycles. The molecule has 3 atom stereocenters. The molecule has 108 valence electrons. The molecule has 0 amide bonds. The fourth-order valence-electron chi connectivity index (χ4n) is 2.24. The van der Waals surface area contributed by atoms with E-state index in [0.717, 1.165) is 19.3 Å². The fraction of sp³-hybridized carbons (Fsp3) is 0.769. The summed E-state index contributed by atoms with van der Waals surface area (Å²) in [5.74, 6) is -2.12. The van der Waals surface area contributed by atoms with E-state index in [1.165, 1.54) is 12.8 Å². The summed E-state index contributed by atoms with van der Waals surface area (Å²) in [4.78, 5) is 11.1. The zero-order chi connectivity index (χ0) is 13.8. The second-order valence-electron chi connectivity index (χ2n) is 4.85. The van der Waals surface area contributed by atoms with Crippen LogP contribution in [0.1, 0.15) is 39.0 Å². The average molecular weight is 272 g/mol. The summed E-state index contributed by atoms with van der Waals surface area (Å²) in [5.41, 5.74) is 0. The first-order chi connectivity index (χ1) is 9.13. The highest BCUT2D eigenvalue weighted by Crippen LogP contribution is 2.28. The Morgan fingerprint density at radius 1 is 1.26 bits per heavy atom. The van der Waals surface area contributed by atoms with Gasteiger partial charge in [0.05, 0.1) is 6.61 Å². The van der Waals surface area contributed by atoms with Gasteiger partial charge in [-0.15, -0.1) is 0 Å². The number of hydrogen-bond acceptors (Lipinski definition) is 6. The molecule has 2 aliphatic rings. The van der Waals surface area contributed by atoms with Gasteiger partial charge in [0, 0.05) is 0 Å². The van der Waals surface area contributed by atoms with Gasteiger partial charge in [-0.1, -0.05) is 26.2 Å². The Labute approximate surface area is 112 Å². The van der Waals surface area contributed by atoms with Gasteiger partial charge in [-0.2, -0.15) is 0 Å². The van der Waals surface area contributed by atoms with E-state index in [0.29, 0.717) is 0 Å². The first-order valence-corrected chi connectivity index (χ1v) is 6.73. The third kappa shape index (κ3) is 3.19. The van der Waals surface area contributed by atoms with Crippen LogP contribution in [0.2, 0.25) is 0 Å². The number of rotatable bonds is 6. The number of aliphatic hydroxyl groups excluding tert-OH is 2. The lowest BCUT2D eigenvalue weighted by Crippen LogP contribution is -2.31. The molecule has 0 unspecified atom stereocenters. The van der Waals surface area contributed by atoms with Crippen LogP contribution in [-0.4, -0.2) is 41.3 Å². The summed E-state index contributed by atoms with van der Waals surface area (Å²) in [7, 11) is 0. The smallest absolute Gasteiger partial charge is 0.377 e. The van der Waals surface area contributed by atoms with Gasteiger partial charge in [-0.25, -0.2) is 4.79 Å². The maximum absolute atomic E-state index is 11.1. The molecule has 0 aromatic rings. The minimum Gasteiger partial charge on any atom is -0.505 e. The van der Waals surface area contributed by atoms with Crippen molar-refractivity contribution in [2.45, 2.75) is 57.5 Å². The fourth-order valence-corrected chi connectivity index (χ4v) is 2.24. The minimum atomic E-state index is -0.951. The van der Waals surface area contributed by atoms with Gasteiger partial charge < -0.3 is 24.4 Å². The first kappa shape index (κ1) is 14.1. The van der Waals surface area contributed by atoms with Crippen LogP contribution in [-0.2, 0) is 19.0 Å².